The van der Waals surface area contributed by atoms with Crippen molar-refractivity contribution < 1.29 is 4.18 Å². The molecule has 1 aromatic rings. The Morgan fingerprint density at radius 1 is 1.29 bits per heavy atom. The van der Waals surface area contributed by atoms with Crippen molar-refractivity contribution in [3.05, 3.63) is 35.4 Å². The third-order valence-electron chi connectivity index (χ3n) is 2.25. The average Bonchev–Trinajstić information content (AvgIpc) is 2.20. The van der Waals surface area contributed by atoms with Crippen molar-refractivity contribution in [3.63, 3.8) is 0 Å². The topological polar surface area (TPSA) is 35.2 Å². The van der Waals surface area contributed by atoms with Crippen molar-refractivity contribution in [1.82, 2.24) is 0 Å². The maximum Gasteiger partial charge on any atom is 0.0758 e. The first-order chi connectivity index (χ1) is 6.84. The van der Waals surface area contributed by atoms with Crippen LogP contribution in [0.5, 0.6) is 0 Å². The van der Waals surface area contributed by atoms with Crippen LogP contribution in [0.3, 0.4) is 0 Å². The number of hydrogen-bond donors (Lipinski definition) is 1. The molecule has 0 radical (unpaired) electrons. The van der Waals surface area contributed by atoms with Gasteiger partial charge in [-0.2, -0.15) is 0 Å². The predicted molar refractivity (Wildman–Crippen MR) is 61.8 cm³/mol. The fraction of sp³-hybridized carbons (Fsp3) is 0.455. The Labute approximate surface area is 90.2 Å². The van der Waals surface area contributed by atoms with Gasteiger partial charge in [0.15, 0.2) is 0 Å². The summed E-state index contributed by atoms with van der Waals surface area (Å²) in [5.41, 5.74) is 2.81. The first-order valence-electron chi connectivity index (χ1n) is 4.87. The van der Waals surface area contributed by atoms with Gasteiger partial charge in [-0.1, -0.05) is 24.3 Å². The molecule has 78 valence electrons. The normalized spacial score (nSPS) is 10.4. The Kier molecular flexibility index (Phi) is 5.68. The Bertz CT molecular complexity index is 265. The zero-order valence-corrected chi connectivity index (χ0v) is 9.35. The molecule has 0 fully saturated rings. The quantitative estimate of drug-likeness (QED) is 0.446. The van der Waals surface area contributed by atoms with E-state index in [2.05, 4.69) is 31.2 Å². The molecule has 3 heteroatoms. The van der Waals surface area contributed by atoms with E-state index in [9.17, 15) is 0 Å². The van der Waals surface area contributed by atoms with Gasteiger partial charge in [0, 0.05) is 0 Å². The lowest BCUT2D eigenvalue weighted by atomic mass is 10.0. The molecule has 0 unspecified atom stereocenters. The number of aryl methyl sites for hydroxylation is 2. The van der Waals surface area contributed by atoms with E-state index in [1.807, 2.05) is 0 Å². The molecule has 0 aliphatic heterocycles. The zero-order valence-electron chi connectivity index (χ0n) is 8.53. The van der Waals surface area contributed by atoms with Crippen LogP contribution in [-0.4, -0.2) is 6.61 Å². The lowest BCUT2D eigenvalue weighted by Gasteiger charge is -2.04. The summed E-state index contributed by atoms with van der Waals surface area (Å²) in [4.78, 5) is 0. The van der Waals surface area contributed by atoms with Crippen LogP contribution in [0.2, 0.25) is 0 Å². The Morgan fingerprint density at radius 3 is 2.79 bits per heavy atom. The number of unbranched alkanes of at least 4 members (excludes halogenated alkanes) is 1. The summed E-state index contributed by atoms with van der Waals surface area (Å²) in [6, 6.07) is 8.51. The van der Waals surface area contributed by atoms with Crippen LogP contribution < -0.4 is 5.14 Å². The minimum Gasteiger partial charge on any atom is -0.301 e. The van der Waals surface area contributed by atoms with E-state index in [1.165, 1.54) is 11.1 Å². The zero-order chi connectivity index (χ0) is 10.2. The first kappa shape index (κ1) is 11.6. The van der Waals surface area contributed by atoms with Gasteiger partial charge >= 0.3 is 0 Å². The van der Waals surface area contributed by atoms with Crippen molar-refractivity contribution in [2.45, 2.75) is 26.2 Å². The molecule has 0 heterocycles. The van der Waals surface area contributed by atoms with E-state index in [4.69, 9.17) is 9.32 Å². The Balaban J connectivity index is 2.21. The molecule has 0 aromatic heterocycles. The molecule has 0 aliphatic carbocycles. The monoisotopic (exact) mass is 211 g/mol. The molecule has 0 aliphatic rings. The molecule has 1 aromatic carbocycles. The SMILES string of the molecule is Cc1ccccc1CCCCOSN. The van der Waals surface area contributed by atoms with E-state index >= 15 is 0 Å². The van der Waals surface area contributed by atoms with Crippen LogP contribution in [0.15, 0.2) is 24.3 Å². The summed E-state index contributed by atoms with van der Waals surface area (Å²) in [6.45, 7) is 2.90. The molecule has 0 atom stereocenters. The van der Waals surface area contributed by atoms with E-state index in [0.29, 0.717) is 0 Å². The van der Waals surface area contributed by atoms with Crippen LogP contribution >= 0.6 is 12.2 Å². The summed E-state index contributed by atoms with van der Waals surface area (Å²) in [5, 5.41) is 5.14. The second-order valence-electron chi connectivity index (χ2n) is 3.30. The fourth-order valence-electron chi connectivity index (χ4n) is 1.42. The van der Waals surface area contributed by atoms with E-state index in [0.717, 1.165) is 38.1 Å². The highest BCUT2D eigenvalue weighted by molar-refractivity contribution is 7.92. The van der Waals surface area contributed by atoms with Gasteiger partial charge in [-0.05, 0) is 37.3 Å². The Hall–Kier alpha value is -0.510. The second kappa shape index (κ2) is 6.87. The second-order valence-corrected chi connectivity index (χ2v) is 3.73. The number of rotatable bonds is 6. The molecule has 1 rings (SSSR count). The van der Waals surface area contributed by atoms with E-state index in [-0.39, 0.29) is 0 Å². The molecule has 0 bridgehead atoms. The molecule has 0 spiro atoms. The van der Waals surface area contributed by atoms with Gasteiger partial charge < -0.3 is 4.18 Å². The van der Waals surface area contributed by atoms with Gasteiger partial charge in [0.2, 0.25) is 0 Å². The van der Waals surface area contributed by atoms with Gasteiger partial charge in [-0.25, -0.2) is 0 Å². The fourth-order valence-corrected chi connectivity index (χ4v) is 1.63. The van der Waals surface area contributed by atoms with Gasteiger partial charge in [0.1, 0.15) is 0 Å². The number of benzene rings is 1. The van der Waals surface area contributed by atoms with Crippen LogP contribution in [0.4, 0.5) is 0 Å². The maximum atomic E-state index is 5.14. The summed E-state index contributed by atoms with van der Waals surface area (Å²) >= 11 is 0.951. The van der Waals surface area contributed by atoms with Crippen molar-refractivity contribution in [2.24, 2.45) is 5.14 Å². The minimum atomic E-state index is 0.743. The van der Waals surface area contributed by atoms with Crippen LogP contribution in [0.1, 0.15) is 24.0 Å². The van der Waals surface area contributed by atoms with E-state index in [1.54, 1.807) is 0 Å². The van der Waals surface area contributed by atoms with Crippen molar-refractivity contribution in [3.8, 4) is 0 Å². The Morgan fingerprint density at radius 2 is 2.07 bits per heavy atom. The van der Waals surface area contributed by atoms with Crippen molar-refractivity contribution in [1.29, 1.82) is 0 Å². The maximum absolute atomic E-state index is 5.14. The van der Waals surface area contributed by atoms with Crippen molar-refractivity contribution >= 4 is 12.2 Å². The van der Waals surface area contributed by atoms with Crippen molar-refractivity contribution in [2.75, 3.05) is 6.61 Å². The molecule has 0 saturated heterocycles. The molecular weight excluding hydrogens is 194 g/mol. The van der Waals surface area contributed by atoms with Gasteiger partial charge in [0.05, 0.1) is 18.8 Å². The molecule has 2 N–H and O–H groups in total. The average molecular weight is 211 g/mol. The summed E-state index contributed by atoms with van der Waals surface area (Å²) in [6.07, 6.45) is 3.36. The lowest BCUT2D eigenvalue weighted by molar-refractivity contribution is 0.359. The standard InChI is InChI=1S/C11H17NOS/c1-10-6-2-3-7-11(10)8-4-5-9-13-14-12/h2-3,6-7H,4-5,8-9,12H2,1H3. The third kappa shape index (κ3) is 4.13. The van der Waals surface area contributed by atoms with Crippen LogP contribution in [0.25, 0.3) is 0 Å². The molecule has 14 heavy (non-hydrogen) atoms. The van der Waals surface area contributed by atoms with Gasteiger partial charge in [-0.15, -0.1) is 0 Å². The smallest absolute Gasteiger partial charge is 0.0758 e. The first-order valence-corrected chi connectivity index (χ1v) is 5.68. The van der Waals surface area contributed by atoms with Crippen LogP contribution in [-0.2, 0) is 10.6 Å². The highest BCUT2D eigenvalue weighted by atomic mass is 32.2. The predicted octanol–water partition coefficient (Wildman–Crippen LogP) is 2.86. The molecule has 0 amide bonds. The van der Waals surface area contributed by atoms with Crippen LogP contribution in [0, 0.1) is 6.92 Å². The minimum absolute atomic E-state index is 0.743. The molecule has 2 nitrogen and oxygen atoms in total. The third-order valence-corrected chi connectivity index (χ3v) is 2.56. The largest absolute Gasteiger partial charge is 0.301 e. The number of hydrogen-bond acceptors (Lipinski definition) is 3. The molecule has 0 saturated carbocycles. The summed E-state index contributed by atoms with van der Waals surface area (Å²) in [5.74, 6) is 0. The summed E-state index contributed by atoms with van der Waals surface area (Å²) in [7, 11) is 0. The van der Waals surface area contributed by atoms with E-state index < -0.39 is 0 Å². The van der Waals surface area contributed by atoms with Gasteiger partial charge in [-0.3, -0.25) is 5.14 Å². The highest BCUT2D eigenvalue weighted by Gasteiger charge is 1.96. The lowest BCUT2D eigenvalue weighted by Crippen LogP contribution is -1.94. The molecular formula is C11H17NOS. The number of nitrogens with two attached hydrogens (primary N) is 1. The highest BCUT2D eigenvalue weighted by Crippen LogP contribution is 2.10. The van der Waals surface area contributed by atoms with Gasteiger partial charge in [0.25, 0.3) is 0 Å². The summed E-state index contributed by atoms with van der Waals surface area (Å²) < 4.78 is 5.00.